The first-order chi connectivity index (χ1) is 16.1. The van der Waals surface area contributed by atoms with Crippen molar-refractivity contribution in [3.05, 3.63) is 70.8 Å². The van der Waals surface area contributed by atoms with Crippen LogP contribution < -0.4 is 0 Å². The van der Waals surface area contributed by atoms with E-state index in [1.807, 2.05) is 31.2 Å². The Hall–Kier alpha value is -2.22. The second-order valence-electron chi connectivity index (χ2n) is 9.54. The molecule has 2 aromatic carbocycles. The molecule has 0 spiro atoms. The van der Waals surface area contributed by atoms with Crippen molar-refractivity contribution in [3.8, 4) is 0 Å². The zero-order valence-corrected chi connectivity index (χ0v) is 21.0. The molecule has 2 nitrogen and oxygen atoms in total. The molecule has 0 bridgehead atoms. The minimum atomic E-state index is 0.000901. The lowest BCUT2D eigenvalue weighted by Gasteiger charge is -2.05. The first-order valence-electron chi connectivity index (χ1n) is 13.4. The second-order valence-corrected chi connectivity index (χ2v) is 9.54. The van der Waals surface area contributed by atoms with E-state index in [-0.39, 0.29) is 11.6 Å². The Kier molecular flexibility index (Phi) is 13.4. The zero-order valence-electron chi connectivity index (χ0n) is 21.0. The second kappa shape index (κ2) is 16.4. The van der Waals surface area contributed by atoms with Gasteiger partial charge in [-0.1, -0.05) is 144 Å². The molecule has 0 amide bonds. The Morgan fingerprint density at radius 3 is 1.33 bits per heavy atom. The summed E-state index contributed by atoms with van der Waals surface area (Å²) in [6.45, 7) is 4.28. The largest absolute Gasteiger partial charge is 0.294 e. The van der Waals surface area contributed by atoms with Crippen molar-refractivity contribution in [2.75, 3.05) is 0 Å². The van der Waals surface area contributed by atoms with Gasteiger partial charge in [0.15, 0.2) is 11.6 Å². The highest BCUT2D eigenvalue weighted by Gasteiger charge is 2.11. The van der Waals surface area contributed by atoms with E-state index in [0.717, 1.165) is 18.4 Å². The number of hydrogen-bond acceptors (Lipinski definition) is 2. The number of Topliss-reactive ketones (excluding diaryl/α,β-unsaturated/α-hetero) is 1. The van der Waals surface area contributed by atoms with Gasteiger partial charge in [-0.2, -0.15) is 0 Å². The molecule has 2 heteroatoms. The minimum Gasteiger partial charge on any atom is -0.294 e. The van der Waals surface area contributed by atoms with E-state index in [1.54, 1.807) is 24.3 Å². The Balaban J connectivity index is 1.53. The molecule has 33 heavy (non-hydrogen) atoms. The third-order valence-electron chi connectivity index (χ3n) is 6.54. The summed E-state index contributed by atoms with van der Waals surface area (Å²) in [7, 11) is 0. The first kappa shape index (κ1) is 27.0. The van der Waals surface area contributed by atoms with Gasteiger partial charge in [0.05, 0.1) is 0 Å². The Labute approximate surface area is 202 Å². The molecule has 180 valence electrons. The predicted molar refractivity (Wildman–Crippen MR) is 140 cm³/mol. The van der Waals surface area contributed by atoms with Gasteiger partial charge in [0.2, 0.25) is 0 Å². The van der Waals surface area contributed by atoms with Gasteiger partial charge in [-0.15, -0.1) is 0 Å². The molecule has 0 radical (unpaired) electrons. The molecular weight excluding hydrogens is 404 g/mol. The number of unbranched alkanes of at least 4 members (excludes halogenated alkanes) is 13. The van der Waals surface area contributed by atoms with E-state index in [4.69, 9.17) is 0 Å². The third-order valence-corrected chi connectivity index (χ3v) is 6.54. The molecule has 0 saturated heterocycles. The van der Waals surface area contributed by atoms with Crippen molar-refractivity contribution in [2.45, 2.75) is 110 Å². The predicted octanol–water partition coefficient (Wildman–Crippen LogP) is 9.28. The summed E-state index contributed by atoms with van der Waals surface area (Å²) < 4.78 is 0. The average molecular weight is 449 g/mol. The summed E-state index contributed by atoms with van der Waals surface area (Å²) in [6, 6.07) is 14.8. The number of carbonyl (C=O) groups is 2. The van der Waals surface area contributed by atoms with Gasteiger partial charge in [0, 0.05) is 23.1 Å². The topological polar surface area (TPSA) is 34.1 Å². The zero-order chi connectivity index (χ0) is 23.7. The van der Waals surface area contributed by atoms with Crippen LogP contribution in [-0.4, -0.2) is 11.6 Å². The summed E-state index contributed by atoms with van der Waals surface area (Å²) in [5.74, 6) is 0.184. The van der Waals surface area contributed by atoms with Crippen molar-refractivity contribution in [3.63, 3.8) is 0 Å². The summed E-state index contributed by atoms with van der Waals surface area (Å²) >= 11 is 0. The van der Waals surface area contributed by atoms with Gasteiger partial charge < -0.3 is 0 Å². The third kappa shape index (κ3) is 11.0. The van der Waals surface area contributed by atoms with Gasteiger partial charge in [-0.3, -0.25) is 9.59 Å². The first-order valence-corrected chi connectivity index (χ1v) is 13.4. The highest BCUT2D eigenvalue weighted by atomic mass is 16.1. The summed E-state index contributed by atoms with van der Waals surface area (Å²) in [5.41, 5.74) is 3.16. The molecule has 0 saturated carbocycles. The maximum atomic E-state index is 12.6. The van der Waals surface area contributed by atoms with Crippen LogP contribution in [0, 0.1) is 6.92 Å². The number of benzene rings is 2. The monoisotopic (exact) mass is 448 g/mol. The molecule has 0 aliphatic rings. The lowest BCUT2D eigenvalue weighted by molar-refractivity contribution is 0.0977. The van der Waals surface area contributed by atoms with E-state index in [9.17, 15) is 9.59 Å². The van der Waals surface area contributed by atoms with Crippen LogP contribution in [0.25, 0.3) is 0 Å². The fourth-order valence-electron chi connectivity index (χ4n) is 4.30. The molecule has 0 aliphatic carbocycles. The van der Waals surface area contributed by atoms with Gasteiger partial charge in [-0.25, -0.2) is 0 Å². The number of rotatable bonds is 18. The molecule has 2 rings (SSSR count). The van der Waals surface area contributed by atoms with Crippen molar-refractivity contribution < 1.29 is 9.59 Å². The SMILES string of the molecule is CCCCCCCCCCCCCCCCC(=O)c1ccc(C(=O)c2ccc(C)cc2)cc1. The lowest BCUT2D eigenvalue weighted by Crippen LogP contribution is -2.03. The van der Waals surface area contributed by atoms with Crippen molar-refractivity contribution in [2.24, 2.45) is 0 Å². The van der Waals surface area contributed by atoms with E-state index in [1.165, 1.54) is 77.0 Å². The summed E-state index contributed by atoms with van der Waals surface area (Å²) in [4.78, 5) is 25.0. The van der Waals surface area contributed by atoms with Crippen LogP contribution in [0.5, 0.6) is 0 Å². The molecule has 0 fully saturated rings. The highest BCUT2D eigenvalue weighted by Crippen LogP contribution is 2.16. The normalized spacial score (nSPS) is 11.0. The fourth-order valence-corrected chi connectivity index (χ4v) is 4.30. The van der Waals surface area contributed by atoms with Crippen molar-refractivity contribution >= 4 is 11.6 Å². The standard InChI is InChI=1S/C31H44O2/c1-3-4-5-6-7-8-9-10-11-12-13-14-15-16-17-30(32)27-22-24-29(25-23-27)31(33)28-20-18-26(2)19-21-28/h18-25H,3-17H2,1-2H3. The van der Waals surface area contributed by atoms with Crippen LogP contribution in [0.3, 0.4) is 0 Å². The number of ketones is 2. The molecular formula is C31H44O2. The molecule has 0 heterocycles. The fraction of sp³-hybridized carbons (Fsp3) is 0.548. The Morgan fingerprint density at radius 2 is 0.879 bits per heavy atom. The molecule has 2 aromatic rings. The van der Waals surface area contributed by atoms with Crippen LogP contribution in [0.1, 0.15) is 135 Å². The number of aryl methyl sites for hydroxylation is 1. The van der Waals surface area contributed by atoms with Crippen LogP contribution in [0.2, 0.25) is 0 Å². The number of hydrogen-bond donors (Lipinski definition) is 0. The average Bonchev–Trinajstić information content (AvgIpc) is 2.84. The van der Waals surface area contributed by atoms with Crippen molar-refractivity contribution in [1.82, 2.24) is 0 Å². The molecule has 0 aromatic heterocycles. The van der Waals surface area contributed by atoms with Crippen LogP contribution >= 0.6 is 0 Å². The maximum Gasteiger partial charge on any atom is 0.193 e. The van der Waals surface area contributed by atoms with E-state index in [0.29, 0.717) is 23.1 Å². The van der Waals surface area contributed by atoms with Gasteiger partial charge in [0.25, 0.3) is 0 Å². The van der Waals surface area contributed by atoms with Gasteiger partial charge in [0.1, 0.15) is 0 Å². The lowest BCUT2D eigenvalue weighted by atomic mass is 9.98. The Morgan fingerprint density at radius 1 is 0.515 bits per heavy atom. The minimum absolute atomic E-state index is 0.000901. The van der Waals surface area contributed by atoms with E-state index < -0.39 is 0 Å². The Bertz CT molecular complexity index is 802. The van der Waals surface area contributed by atoms with Crippen molar-refractivity contribution in [1.29, 1.82) is 0 Å². The quantitative estimate of drug-likeness (QED) is 0.168. The smallest absolute Gasteiger partial charge is 0.193 e. The van der Waals surface area contributed by atoms with E-state index in [2.05, 4.69) is 6.92 Å². The molecule has 0 N–H and O–H groups in total. The van der Waals surface area contributed by atoms with Gasteiger partial charge in [-0.05, 0) is 13.3 Å². The van der Waals surface area contributed by atoms with E-state index >= 15 is 0 Å². The van der Waals surface area contributed by atoms with Gasteiger partial charge >= 0.3 is 0 Å². The molecule has 0 unspecified atom stereocenters. The molecule has 0 atom stereocenters. The highest BCUT2D eigenvalue weighted by molar-refractivity contribution is 6.09. The van der Waals surface area contributed by atoms with Crippen LogP contribution in [0.4, 0.5) is 0 Å². The maximum absolute atomic E-state index is 12.6. The number of carbonyl (C=O) groups excluding carboxylic acids is 2. The van der Waals surface area contributed by atoms with Crippen LogP contribution in [0.15, 0.2) is 48.5 Å². The van der Waals surface area contributed by atoms with Crippen LogP contribution in [-0.2, 0) is 0 Å². The summed E-state index contributed by atoms with van der Waals surface area (Å²) in [6.07, 6.45) is 19.1. The molecule has 0 aliphatic heterocycles. The summed E-state index contributed by atoms with van der Waals surface area (Å²) in [5, 5.41) is 0.